The molecule has 122 valence electrons. The van der Waals surface area contributed by atoms with Crippen molar-refractivity contribution in [1.82, 2.24) is 4.98 Å². The normalized spacial score (nSPS) is 24.9. The number of aryl methyl sites for hydroxylation is 1. The molecule has 4 atom stereocenters. The standard InChI is InChI=1S/C19H25N3O/c1-12-8-7-11-18(20-12)21-19-13(2)14(3)22(15(4)23)17-10-6-5-9-16(17)19/h5-11,13-15,19,23H,1-4H3,(H,20,21). The predicted molar refractivity (Wildman–Crippen MR) is 94.6 cm³/mol. The lowest BCUT2D eigenvalue weighted by atomic mass is 9.82. The van der Waals surface area contributed by atoms with E-state index in [1.807, 2.05) is 38.1 Å². The molecule has 23 heavy (non-hydrogen) atoms. The molecule has 1 aliphatic heterocycles. The zero-order valence-electron chi connectivity index (χ0n) is 14.2. The maximum Gasteiger partial charge on any atom is 0.126 e. The molecular formula is C19H25N3O. The van der Waals surface area contributed by atoms with E-state index in [0.717, 1.165) is 17.2 Å². The third kappa shape index (κ3) is 2.91. The fourth-order valence-corrected chi connectivity index (χ4v) is 3.55. The Kier molecular flexibility index (Phi) is 4.26. The summed E-state index contributed by atoms with van der Waals surface area (Å²) in [6, 6.07) is 14.7. The highest BCUT2D eigenvalue weighted by atomic mass is 16.3. The van der Waals surface area contributed by atoms with Gasteiger partial charge < -0.3 is 15.3 Å². The first-order valence-corrected chi connectivity index (χ1v) is 8.24. The van der Waals surface area contributed by atoms with Crippen LogP contribution in [-0.2, 0) is 0 Å². The molecule has 0 bridgehead atoms. The molecule has 0 saturated heterocycles. The summed E-state index contributed by atoms with van der Waals surface area (Å²) in [6.07, 6.45) is -0.508. The summed E-state index contributed by atoms with van der Waals surface area (Å²) in [5.74, 6) is 1.23. The van der Waals surface area contributed by atoms with Gasteiger partial charge in [-0.1, -0.05) is 31.2 Å². The van der Waals surface area contributed by atoms with Gasteiger partial charge in [-0.15, -0.1) is 0 Å². The highest BCUT2D eigenvalue weighted by molar-refractivity contribution is 5.60. The van der Waals surface area contributed by atoms with Gasteiger partial charge in [0.15, 0.2) is 0 Å². The van der Waals surface area contributed by atoms with Crippen molar-refractivity contribution >= 4 is 11.5 Å². The van der Waals surface area contributed by atoms with Crippen LogP contribution in [0.1, 0.15) is 38.1 Å². The van der Waals surface area contributed by atoms with Gasteiger partial charge in [-0.2, -0.15) is 0 Å². The van der Waals surface area contributed by atoms with Crippen LogP contribution in [0, 0.1) is 12.8 Å². The first-order chi connectivity index (χ1) is 11.0. The number of para-hydroxylation sites is 1. The number of aliphatic hydroxyl groups excluding tert-OH is 1. The number of rotatable bonds is 3. The number of fused-ring (bicyclic) bond motifs is 1. The van der Waals surface area contributed by atoms with Gasteiger partial charge in [0.25, 0.3) is 0 Å². The van der Waals surface area contributed by atoms with E-state index in [4.69, 9.17) is 0 Å². The third-order valence-electron chi connectivity index (χ3n) is 4.87. The number of nitrogens with one attached hydrogen (secondary N) is 1. The van der Waals surface area contributed by atoms with Crippen LogP contribution in [0.3, 0.4) is 0 Å². The van der Waals surface area contributed by atoms with Gasteiger partial charge in [-0.25, -0.2) is 4.98 Å². The van der Waals surface area contributed by atoms with Crippen molar-refractivity contribution in [3.8, 4) is 0 Å². The summed E-state index contributed by atoms with van der Waals surface area (Å²) in [6.45, 7) is 8.23. The molecule has 4 unspecified atom stereocenters. The number of hydrogen-bond acceptors (Lipinski definition) is 4. The Hall–Kier alpha value is -2.07. The molecule has 2 heterocycles. The fourth-order valence-electron chi connectivity index (χ4n) is 3.55. The number of aromatic nitrogens is 1. The molecule has 0 amide bonds. The van der Waals surface area contributed by atoms with Gasteiger partial charge in [0.05, 0.1) is 6.04 Å². The van der Waals surface area contributed by atoms with E-state index in [1.54, 1.807) is 0 Å². The summed E-state index contributed by atoms with van der Waals surface area (Å²) < 4.78 is 0. The number of hydrogen-bond donors (Lipinski definition) is 2. The van der Waals surface area contributed by atoms with Crippen LogP contribution in [0.15, 0.2) is 42.5 Å². The van der Waals surface area contributed by atoms with Crippen LogP contribution >= 0.6 is 0 Å². The van der Waals surface area contributed by atoms with Gasteiger partial charge in [0.1, 0.15) is 12.0 Å². The SMILES string of the molecule is Cc1cccc(NC2c3ccccc3N(C(C)O)C(C)C2C)n1. The monoisotopic (exact) mass is 311 g/mol. The minimum atomic E-state index is -0.508. The zero-order chi connectivity index (χ0) is 16.6. The highest BCUT2D eigenvalue weighted by Gasteiger charge is 2.37. The molecular weight excluding hydrogens is 286 g/mol. The van der Waals surface area contributed by atoms with Gasteiger partial charge in [0.2, 0.25) is 0 Å². The molecule has 0 fully saturated rings. The number of anilines is 2. The minimum absolute atomic E-state index is 0.172. The molecule has 0 radical (unpaired) electrons. The number of pyridine rings is 1. The van der Waals surface area contributed by atoms with E-state index < -0.39 is 6.23 Å². The quantitative estimate of drug-likeness (QED) is 0.907. The number of nitrogens with zero attached hydrogens (tertiary/aromatic N) is 2. The molecule has 1 aliphatic rings. The second-order valence-corrected chi connectivity index (χ2v) is 6.48. The second kappa shape index (κ2) is 6.20. The Morgan fingerprint density at radius 3 is 2.57 bits per heavy atom. The van der Waals surface area contributed by atoms with Gasteiger partial charge in [-0.3, -0.25) is 0 Å². The Bertz CT molecular complexity index is 686. The van der Waals surface area contributed by atoms with Crippen molar-refractivity contribution in [3.05, 3.63) is 53.7 Å². The zero-order valence-corrected chi connectivity index (χ0v) is 14.2. The molecule has 2 N–H and O–H groups in total. The van der Waals surface area contributed by atoms with Crippen molar-refractivity contribution in [3.63, 3.8) is 0 Å². The molecule has 0 saturated carbocycles. The van der Waals surface area contributed by atoms with E-state index in [9.17, 15) is 5.11 Å². The van der Waals surface area contributed by atoms with Gasteiger partial charge in [-0.05, 0) is 44.5 Å². The summed E-state index contributed by atoms with van der Waals surface area (Å²) in [5.41, 5.74) is 3.31. The predicted octanol–water partition coefficient (Wildman–Crippen LogP) is 3.73. The van der Waals surface area contributed by atoms with Crippen molar-refractivity contribution in [2.45, 2.75) is 46.0 Å². The summed E-state index contributed by atoms with van der Waals surface area (Å²) in [7, 11) is 0. The first kappa shape index (κ1) is 15.8. The number of benzene rings is 1. The van der Waals surface area contributed by atoms with E-state index in [1.165, 1.54) is 5.56 Å². The molecule has 1 aromatic carbocycles. The first-order valence-electron chi connectivity index (χ1n) is 8.24. The van der Waals surface area contributed by atoms with Crippen molar-refractivity contribution in [2.24, 2.45) is 5.92 Å². The van der Waals surface area contributed by atoms with Crippen LogP contribution in [0.2, 0.25) is 0 Å². The molecule has 2 aromatic rings. The lowest BCUT2D eigenvalue weighted by Crippen LogP contribution is -2.50. The third-order valence-corrected chi connectivity index (χ3v) is 4.87. The molecule has 4 nitrogen and oxygen atoms in total. The average Bonchev–Trinajstić information content (AvgIpc) is 2.51. The fraction of sp³-hybridized carbons (Fsp3) is 0.421. The van der Waals surface area contributed by atoms with Crippen LogP contribution in [0.25, 0.3) is 0 Å². The van der Waals surface area contributed by atoms with Crippen molar-refractivity contribution < 1.29 is 5.11 Å². The largest absolute Gasteiger partial charge is 0.374 e. The van der Waals surface area contributed by atoms with E-state index in [0.29, 0.717) is 5.92 Å². The van der Waals surface area contributed by atoms with Crippen molar-refractivity contribution in [2.75, 3.05) is 10.2 Å². The van der Waals surface area contributed by atoms with Gasteiger partial charge in [0, 0.05) is 23.3 Å². The number of aliphatic hydroxyl groups is 1. The summed E-state index contributed by atoms with van der Waals surface area (Å²) in [5, 5.41) is 13.8. The highest BCUT2D eigenvalue weighted by Crippen LogP contribution is 2.42. The molecule has 1 aromatic heterocycles. The van der Waals surface area contributed by atoms with Crippen LogP contribution in [-0.4, -0.2) is 22.4 Å². The Morgan fingerprint density at radius 2 is 1.87 bits per heavy atom. The summed E-state index contributed by atoms with van der Waals surface area (Å²) >= 11 is 0. The van der Waals surface area contributed by atoms with Crippen LogP contribution in [0.4, 0.5) is 11.5 Å². The van der Waals surface area contributed by atoms with Crippen LogP contribution in [0.5, 0.6) is 0 Å². The topological polar surface area (TPSA) is 48.4 Å². The van der Waals surface area contributed by atoms with E-state index in [2.05, 4.69) is 47.2 Å². The van der Waals surface area contributed by atoms with E-state index in [-0.39, 0.29) is 12.1 Å². The van der Waals surface area contributed by atoms with E-state index >= 15 is 0 Å². The molecule has 3 rings (SSSR count). The minimum Gasteiger partial charge on any atom is -0.374 e. The molecule has 0 spiro atoms. The Balaban J connectivity index is 2.01. The van der Waals surface area contributed by atoms with Gasteiger partial charge >= 0.3 is 0 Å². The Labute approximate surface area is 138 Å². The maximum atomic E-state index is 10.2. The average molecular weight is 311 g/mol. The maximum absolute atomic E-state index is 10.2. The summed E-state index contributed by atoms with van der Waals surface area (Å²) in [4.78, 5) is 6.68. The lowest BCUT2D eigenvalue weighted by Gasteiger charge is -2.46. The lowest BCUT2D eigenvalue weighted by molar-refractivity contribution is 0.161. The van der Waals surface area contributed by atoms with Crippen molar-refractivity contribution in [1.29, 1.82) is 0 Å². The Morgan fingerprint density at radius 1 is 1.13 bits per heavy atom. The molecule has 4 heteroatoms. The van der Waals surface area contributed by atoms with Crippen LogP contribution < -0.4 is 10.2 Å². The molecule has 0 aliphatic carbocycles. The second-order valence-electron chi connectivity index (χ2n) is 6.48. The smallest absolute Gasteiger partial charge is 0.126 e.